The molecule has 114 valence electrons. The van der Waals surface area contributed by atoms with Gasteiger partial charge in [-0.1, -0.05) is 75.6 Å². The van der Waals surface area contributed by atoms with Crippen molar-refractivity contribution in [3.8, 4) is 0 Å². The van der Waals surface area contributed by atoms with Gasteiger partial charge in [-0.15, -0.1) is 0 Å². The molecule has 0 saturated carbocycles. The number of benzene rings is 2. The van der Waals surface area contributed by atoms with E-state index in [1.165, 1.54) is 48.4 Å². The Balaban J connectivity index is 2.01. The Morgan fingerprint density at radius 1 is 0.905 bits per heavy atom. The molecule has 1 N–H and O–H groups in total. The predicted octanol–water partition coefficient (Wildman–Crippen LogP) is 5.33. The Morgan fingerprint density at radius 2 is 1.71 bits per heavy atom. The van der Waals surface area contributed by atoms with Gasteiger partial charge < -0.3 is 5.32 Å². The number of fused-ring (bicyclic) bond motifs is 1. The van der Waals surface area contributed by atoms with Crippen molar-refractivity contribution < 1.29 is 0 Å². The van der Waals surface area contributed by atoms with Gasteiger partial charge in [-0.3, -0.25) is 0 Å². The third-order valence-electron chi connectivity index (χ3n) is 4.14. The Morgan fingerprint density at radius 3 is 2.48 bits per heavy atom. The minimum absolute atomic E-state index is 0.623. The first-order valence-corrected chi connectivity index (χ1v) is 8.54. The van der Waals surface area contributed by atoms with Crippen molar-refractivity contribution in [3.05, 3.63) is 48.0 Å². The van der Waals surface area contributed by atoms with Crippen molar-refractivity contribution in [2.45, 2.75) is 58.4 Å². The van der Waals surface area contributed by atoms with Crippen molar-refractivity contribution in [2.24, 2.45) is 0 Å². The molecule has 2 aromatic rings. The van der Waals surface area contributed by atoms with Crippen LogP contribution in [-0.4, -0.2) is 12.6 Å². The number of hydrogen-bond donors (Lipinski definition) is 1. The molecule has 21 heavy (non-hydrogen) atoms. The highest BCUT2D eigenvalue weighted by molar-refractivity contribution is 5.82. The fourth-order valence-electron chi connectivity index (χ4n) is 2.92. The van der Waals surface area contributed by atoms with E-state index in [4.69, 9.17) is 0 Å². The average molecular weight is 283 g/mol. The van der Waals surface area contributed by atoms with Crippen LogP contribution in [0.1, 0.15) is 51.5 Å². The smallest absolute Gasteiger partial charge is 0.0107 e. The zero-order valence-corrected chi connectivity index (χ0v) is 13.6. The van der Waals surface area contributed by atoms with Gasteiger partial charge in [0.05, 0.1) is 0 Å². The van der Waals surface area contributed by atoms with Gasteiger partial charge in [-0.05, 0) is 42.1 Å². The second kappa shape index (κ2) is 8.84. The summed E-state index contributed by atoms with van der Waals surface area (Å²) in [6, 6.07) is 16.2. The quantitative estimate of drug-likeness (QED) is 0.613. The molecule has 1 unspecified atom stereocenters. The molecular weight excluding hydrogens is 254 g/mol. The fourth-order valence-corrected chi connectivity index (χ4v) is 2.92. The zero-order chi connectivity index (χ0) is 14.9. The van der Waals surface area contributed by atoms with Crippen molar-refractivity contribution >= 4 is 10.8 Å². The molecule has 0 amide bonds. The van der Waals surface area contributed by atoms with Crippen LogP contribution in [0.3, 0.4) is 0 Å². The first kappa shape index (κ1) is 16.0. The van der Waals surface area contributed by atoms with Crippen LogP contribution < -0.4 is 5.32 Å². The summed E-state index contributed by atoms with van der Waals surface area (Å²) in [6.45, 7) is 5.65. The monoisotopic (exact) mass is 283 g/mol. The molecule has 1 nitrogen and oxygen atoms in total. The molecule has 1 atom stereocenters. The van der Waals surface area contributed by atoms with Crippen molar-refractivity contribution in [2.75, 3.05) is 6.54 Å². The first-order valence-electron chi connectivity index (χ1n) is 8.54. The van der Waals surface area contributed by atoms with Crippen LogP contribution >= 0.6 is 0 Å². The van der Waals surface area contributed by atoms with Crippen LogP contribution in [0.5, 0.6) is 0 Å². The fraction of sp³-hybridized carbons (Fsp3) is 0.500. The van der Waals surface area contributed by atoms with E-state index in [1.54, 1.807) is 0 Å². The van der Waals surface area contributed by atoms with Crippen LogP contribution in [0, 0.1) is 0 Å². The lowest BCUT2D eigenvalue weighted by atomic mass is 9.98. The summed E-state index contributed by atoms with van der Waals surface area (Å²) in [7, 11) is 0. The second-order valence-corrected chi connectivity index (χ2v) is 6.03. The van der Waals surface area contributed by atoms with Gasteiger partial charge in [0.1, 0.15) is 0 Å². The highest BCUT2D eigenvalue weighted by atomic mass is 14.9. The van der Waals surface area contributed by atoms with Gasteiger partial charge in [-0.2, -0.15) is 0 Å². The molecule has 0 bridgehead atoms. The molecule has 0 heterocycles. The maximum absolute atomic E-state index is 3.72. The maximum Gasteiger partial charge on any atom is 0.0107 e. The van der Waals surface area contributed by atoms with Crippen molar-refractivity contribution in [1.82, 2.24) is 5.32 Å². The van der Waals surface area contributed by atoms with Gasteiger partial charge in [0.25, 0.3) is 0 Å². The highest BCUT2D eigenvalue weighted by Gasteiger charge is 2.09. The van der Waals surface area contributed by atoms with Gasteiger partial charge in [0, 0.05) is 6.04 Å². The summed E-state index contributed by atoms with van der Waals surface area (Å²) in [5, 5.41) is 6.42. The van der Waals surface area contributed by atoms with Gasteiger partial charge in [0.15, 0.2) is 0 Å². The summed E-state index contributed by atoms with van der Waals surface area (Å²) in [6.07, 6.45) is 7.64. The second-order valence-electron chi connectivity index (χ2n) is 6.03. The number of nitrogens with one attached hydrogen (secondary N) is 1. The number of rotatable bonds is 9. The van der Waals surface area contributed by atoms with E-state index < -0.39 is 0 Å². The van der Waals surface area contributed by atoms with Crippen LogP contribution in [-0.2, 0) is 6.42 Å². The third kappa shape index (κ3) is 5.17. The molecule has 1 heteroatoms. The minimum Gasteiger partial charge on any atom is -0.314 e. The van der Waals surface area contributed by atoms with E-state index in [9.17, 15) is 0 Å². The van der Waals surface area contributed by atoms with Crippen LogP contribution in [0.15, 0.2) is 42.5 Å². The Labute approximate surface area is 129 Å². The van der Waals surface area contributed by atoms with Gasteiger partial charge >= 0.3 is 0 Å². The SMILES string of the molecule is CCCCCC(Cc1ccc2ccccc2c1)NCCC. The van der Waals surface area contributed by atoms with Crippen molar-refractivity contribution in [1.29, 1.82) is 0 Å². The molecule has 0 aliphatic carbocycles. The number of unbranched alkanes of at least 4 members (excludes halogenated alkanes) is 2. The van der Waals surface area contributed by atoms with Crippen LogP contribution in [0.25, 0.3) is 10.8 Å². The minimum atomic E-state index is 0.623. The summed E-state index contributed by atoms with van der Waals surface area (Å²) in [5.74, 6) is 0. The summed E-state index contributed by atoms with van der Waals surface area (Å²) in [5.41, 5.74) is 1.46. The third-order valence-corrected chi connectivity index (χ3v) is 4.14. The van der Waals surface area contributed by atoms with E-state index >= 15 is 0 Å². The summed E-state index contributed by atoms with van der Waals surface area (Å²) < 4.78 is 0. The molecule has 0 aliphatic rings. The highest BCUT2D eigenvalue weighted by Crippen LogP contribution is 2.18. The Bertz CT molecular complexity index is 532. The largest absolute Gasteiger partial charge is 0.314 e. The first-order chi connectivity index (χ1) is 10.3. The van der Waals surface area contributed by atoms with E-state index in [0.29, 0.717) is 6.04 Å². The molecule has 0 saturated heterocycles. The predicted molar refractivity (Wildman–Crippen MR) is 93.9 cm³/mol. The van der Waals surface area contributed by atoms with Crippen LogP contribution in [0.2, 0.25) is 0 Å². The summed E-state index contributed by atoms with van der Waals surface area (Å²) >= 11 is 0. The Kier molecular flexibility index (Phi) is 6.75. The Hall–Kier alpha value is -1.34. The van der Waals surface area contributed by atoms with E-state index in [0.717, 1.165) is 13.0 Å². The molecular formula is C20H29N. The van der Waals surface area contributed by atoms with Crippen LogP contribution in [0.4, 0.5) is 0 Å². The molecule has 0 radical (unpaired) electrons. The standard InChI is InChI=1S/C20H29N/c1-3-5-6-11-20(21-14-4-2)16-17-12-13-18-9-7-8-10-19(18)15-17/h7-10,12-13,15,20-21H,3-6,11,14,16H2,1-2H3. The van der Waals surface area contributed by atoms with E-state index in [1.807, 2.05) is 0 Å². The molecule has 2 aromatic carbocycles. The molecule has 0 fully saturated rings. The molecule has 0 aromatic heterocycles. The summed E-state index contributed by atoms with van der Waals surface area (Å²) in [4.78, 5) is 0. The lowest BCUT2D eigenvalue weighted by Crippen LogP contribution is -2.31. The normalized spacial score (nSPS) is 12.7. The maximum atomic E-state index is 3.72. The van der Waals surface area contributed by atoms with Crippen molar-refractivity contribution in [3.63, 3.8) is 0 Å². The molecule has 0 spiro atoms. The zero-order valence-electron chi connectivity index (χ0n) is 13.6. The lowest BCUT2D eigenvalue weighted by molar-refractivity contribution is 0.456. The van der Waals surface area contributed by atoms with Gasteiger partial charge in [-0.25, -0.2) is 0 Å². The van der Waals surface area contributed by atoms with E-state index in [-0.39, 0.29) is 0 Å². The number of hydrogen-bond acceptors (Lipinski definition) is 1. The average Bonchev–Trinajstić information content (AvgIpc) is 2.52. The molecule has 0 aliphatic heterocycles. The lowest BCUT2D eigenvalue weighted by Gasteiger charge is -2.19. The van der Waals surface area contributed by atoms with Gasteiger partial charge in [0.2, 0.25) is 0 Å². The van der Waals surface area contributed by atoms with E-state index in [2.05, 4.69) is 61.6 Å². The topological polar surface area (TPSA) is 12.0 Å². The molecule has 2 rings (SSSR count).